The van der Waals surface area contributed by atoms with Gasteiger partial charge in [0.2, 0.25) is 5.91 Å². The van der Waals surface area contributed by atoms with E-state index in [1.54, 1.807) is 6.20 Å². The molecule has 6 heteroatoms. The Morgan fingerprint density at radius 2 is 1.79 bits per heavy atom. The van der Waals surface area contributed by atoms with Gasteiger partial charge in [-0.15, -0.1) is 0 Å². The van der Waals surface area contributed by atoms with Crippen LogP contribution in [0.25, 0.3) is 21.8 Å². The molecule has 1 N–H and O–H groups in total. The van der Waals surface area contributed by atoms with E-state index in [4.69, 9.17) is 0 Å². The maximum Gasteiger partial charge on any atom is 0.291 e. The lowest BCUT2D eigenvalue weighted by atomic mass is 10.1. The molecular formula is C23H24N4O2. The summed E-state index contributed by atoms with van der Waals surface area (Å²) in [5.74, 6) is -0.242. The van der Waals surface area contributed by atoms with Crippen molar-refractivity contribution in [2.24, 2.45) is 0 Å². The van der Waals surface area contributed by atoms with Crippen LogP contribution in [0.2, 0.25) is 0 Å². The molecule has 1 amide bonds. The van der Waals surface area contributed by atoms with Gasteiger partial charge in [0.05, 0.1) is 12.2 Å². The second-order valence-corrected chi connectivity index (χ2v) is 7.24. The molecule has 2 aromatic heterocycles. The molecule has 148 valence electrons. The molecule has 0 radical (unpaired) electrons. The molecule has 0 bridgehead atoms. The van der Waals surface area contributed by atoms with Gasteiger partial charge in [0, 0.05) is 22.8 Å². The normalized spacial score (nSPS) is 12.3. The van der Waals surface area contributed by atoms with Gasteiger partial charge < -0.3 is 9.88 Å². The molecular weight excluding hydrogens is 364 g/mol. The van der Waals surface area contributed by atoms with Gasteiger partial charge in [0.1, 0.15) is 12.1 Å². The van der Waals surface area contributed by atoms with E-state index in [-0.39, 0.29) is 24.1 Å². The topological polar surface area (TPSA) is 68.9 Å². The molecule has 4 aromatic rings. The molecule has 1 atom stereocenters. The molecule has 1 unspecified atom stereocenters. The lowest BCUT2D eigenvalue weighted by Crippen LogP contribution is -2.35. The third-order valence-electron chi connectivity index (χ3n) is 5.19. The van der Waals surface area contributed by atoms with Crippen LogP contribution in [-0.2, 0) is 17.9 Å². The zero-order valence-corrected chi connectivity index (χ0v) is 16.6. The Morgan fingerprint density at radius 1 is 1.07 bits per heavy atom. The first-order chi connectivity index (χ1) is 14.1. The summed E-state index contributed by atoms with van der Waals surface area (Å²) in [6, 6.07) is 17.5. The van der Waals surface area contributed by atoms with E-state index in [9.17, 15) is 9.59 Å². The van der Waals surface area contributed by atoms with Gasteiger partial charge in [0.15, 0.2) is 0 Å². The van der Waals surface area contributed by atoms with Gasteiger partial charge in [-0.1, -0.05) is 55.5 Å². The number of fused-ring (bicyclic) bond motifs is 3. The van der Waals surface area contributed by atoms with Crippen LogP contribution < -0.4 is 10.9 Å². The highest BCUT2D eigenvalue weighted by molar-refractivity contribution is 6.07. The third-order valence-corrected chi connectivity index (χ3v) is 5.19. The second kappa shape index (κ2) is 7.91. The van der Waals surface area contributed by atoms with Crippen molar-refractivity contribution in [2.75, 3.05) is 0 Å². The van der Waals surface area contributed by atoms with Gasteiger partial charge in [-0.25, -0.2) is 4.68 Å². The van der Waals surface area contributed by atoms with Crippen LogP contribution in [0.15, 0.2) is 65.6 Å². The fraction of sp³-hybridized carbons (Fsp3) is 0.261. The Hall–Kier alpha value is -3.41. The Balaban J connectivity index is 1.67. The lowest BCUT2D eigenvalue weighted by Gasteiger charge is -2.14. The number of benzene rings is 2. The van der Waals surface area contributed by atoms with E-state index in [0.29, 0.717) is 5.52 Å². The molecule has 0 fully saturated rings. The van der Waals surface area contributed by atoms with Crippen molar-refractivity contribution >= 4 is 27.7 Å². The summed E-state index contributed by atoms with van der Waals surface area (Å²) < 4.78 is 3.29. The number of nitrogens with zero attached hydrogens (tertiary/aromatic N) is 3. The van der Waals surface area contributed by atoms with E-state index < -0.39 is 0 Å². The van der Waals surface area contributed by atoms with Crippen LogP contribution >= 0.6 is 0 Å². The van der Waals surface area contributed by atoms with Gasteiger partial charge in [-0.05, 0) is 25.0 Å². The van der Waals surface area contributed by atoms with Crippen LogP contribution in [0, 0.1) is 0 Å². The first-order valence-electron chi connectivity index (χ1n) is 9.91. The predicted molar refractivity (Wildman–Crippen MR) is 115 cm³/mol. The first-order valence-corrected chi connectivity index (χ1v) is 9.91. The monoisotopic (exact) mass is 388 g/mol. The van der Waals surface area contributed by atoms with Gasteiger partial charge >= 0.3 is 0 Å². The molecule has 4 rings (SSSR count). The quantitative estimate of drug-likeness (QED) is 0.548. The highest BCUT2D eigenvalue weighted by Crippen LogP contribution is 2.26. The van der Waals surface area contributed by atoms with Crippen LogP contribution in [0.4, 0.5) is 0 Å². The summed E-state index contributed by atoms with van der Waals surface area (Å²) >= 11 is 0. The minimum Gasteiger partial charge on any atom is -0.348 e. The van der Waals surface area contributed by atoms with Gasteiger partial charge in [0.25, 0.3) is 5.56 Å². The lowest BCUT2D eigenvalue weighted by molar-refractivity contribution is -0.122. The number of aryl methyl sites for hydroxylation is 1. The summed E-state index contributed by atoms with van der Waals surface area (Å²) in [4.78, 5) is 25.7. The highest BCUT2D eigenvalue weighted by Gasteiger charge is 2.17. The minimum absolute atomic E-state index is 0.112. The summed E-state index contributed by atoms with van der Waals surface area (Å²) in [5, 5.41) is 9.06. The fourth-order valence-corrected chi connectivity index (χ4v) is 3.81. The van der Waals surface area contributed by atoms with E-state index in [2.05, 4.69) is 17.3 Å². The summed E-state index contributed by atoms with van der Waals surface area (Å²) in [5.41, 5.74) is 2.39. The number of hydrogen-bond acceptors (Lipinski definition) is 3. The maximum absolute atomic E-state index is 13.2. The van der Waals surface area contributed by atoms with Crippen LogP contribution in [0.5, 0.6) is 0 Å². The standard InChI is InChI=1S/C23H24N4O2/c1-3-13-26-20-12-8-7-11-18(20)19-14-24-27(23(29)22(19)26)15-21(28)25-16(2)17-9-5-4-6-10-17/h4-12,14,16H,3,13,15H2,1-2H3,(H,25,28). The molecule has 0 spiro atoms. The number of rotatable bonds is 6. The van der Waals surface area contributed by atoms with Crippen LogP contribution in [0.1, 0.15) is 31.9 Å². The Labute approximate surface area is 168 Å². The zero-order valence-electron chi connectivity index (χ0n) is 16.6. The Morgan fingerprint density at radius 3 is 2.55 bits per heavy atom. The van der Waals surface area contributed by atoms with Crippen molar-refractivity contribution in [2.45, 2.75) is 39.4 Å². The molecule has 6 nitrogen and oxygen atoms in total. The number of para-hydroxylation sites is 1. The Bertz CT molecular complexity index is 1220. The van der Waals surface area contributed by atoms with Crippen molar-refractivity contribution in [3.63, 3.8) is 0 Å². The number of carbonyl (C=O) groups excluding carboxylic acids is 1. The molecule has 0 saturated heterocycles. The Kier molecular flexibility index (Phi) is 5.16. The second-order valence-electron chi connectivity index (χ2n) is 7.24. The van der Waals surface area contributed by atoms with Crippen molar-refractivity contribution in [3.05, 3.63) is 76.7 Å². The number of aromatic nitrogens is 3. The van der Waals surface area contributed by atoms with Crippen LogP contribution in [0.3, 0.4) is 0 Å². The number of amides is 1. The number of hydrogen-bond donors (Lipinski definition) is 1. The van der Waals surface area contributed by atoms with Crippen molar-refractivity contribution < 1.29 is 4.79 Å². The van der Waals surface area contributed by atoms with E-state index in [0.717, 1.165) is 34.8 Å². The summed E-state index contributed by atoms with van der Waals surface area (Å²) in [6.45, 7) is 4.63. The third kappa shape index (κ3) is 3.53. The molecule has 0 aliphatic carbocycles. The molecule has 0 aliphatic rings. The van der Waals surface area contributed by atoms with Crippen molar-refractivity contribution in [1.29, 1.82) is 0 Å². The van der Waals surface area contributed by atoms with Crippen LogP contribution in [-0.4, -0.2) is 20.3 Å². The SMILES string of the molecule is CCCn1c2ccccc2c2cnn(CC(=O)NC(C)c3ccccc3)c(=O)c21. The first kappa shape index (κ1) is 18.9. The maximum atomic E-state index is 13.2. The smallest absolute Gasteiger partial charge is 0.291 e. The molecule has 0 aliphatic heterocycles. The molecule has 0 saturated carbocycles. The van der Waals surface area contributed by atoms with Crippen molar-refractivity contribution in [3.8, 4) is 0 Å². The van der Waals surface area contributed by atoms with E-state index in [1.165, 1.54) is 4.68 Å². The largest absolute Gasteiger partial charge is 0.348 e. The molecule has 2 heterocycles. The minimum atomic E-state index is -0.242. The molecule has 29 heavy (non-hydrogen) atoms. The average molecular weight is 388 g/mol. The van der Waals surface area contributed by atoms with E-state index >= 15 is 0 Å². The molecule has 2 aromatic carbocycles. The van der Waals surface area contributed by atoms with Gasteiger partial charge in [-0.2, -0.15) is 5.10 Å². The van der Waals surface area contributed by atoms with Crippen molar-refractivity contribution in [1.82, 2.24) is 19.7 Å². The number of nitrogens with one attached hydrogen (secondary N) is 1. The summed E-state index contributed by atoms with van der Waals surface area (Å²) in [7, 11) is 0. The zero-order chi connectivity index (χ0) is 20.4. The number of carbonyl (C=O) groups is 1. The average Bonchev–Trinajstić information content (AvgIpc) is 3.05. The van der Waals surface area contributed by atoms with Gasteiger partial charge in [-0.3, -0.25) is 9.59 Å². The predicted octanol–water partition coefficient (Wildman–Crippen LogP) is 3.64. The fourth-order valence-electron chi connectivity index (χ4n) is 3.81. The van der Waals surface area contributed by atoms with E-state index in [1.807, 2.05) is 66.1 Å². The summed E-state index contributed by atoms with van der Waals surface area (Å²) in [6.07, 6.45) is 2.60. The highest BCUT2D eigenvalue weighted by atomic mass is 16.2.